The predicted octanol–water partition coefficient (Wildman–Crippen LogP) is 3.56. The highest BCUT2D eigenvalue weighted by Crippen LogP contribution is 2.36. The number of rotatable bonds is 7. The number of halogens is 1. The maximum atomic E-state index is 12.4. The molecule has 0 aliphatic rings. The van der Waals surface area contributed by atoms with Gasteiger partial charge < -0.3 is 24.3 Å². The van der Waals surface area contributed by atoms with Crippen LogP contribution in [0.15, 0.2) is 30.3 Å². The van der Waals surface area contributed by atoms with Gasteiger partial charge in [-0.05, 0) is 23.8 Å². The van der Waals surface area contributed by atoms with E-state index in [0.29, 0.717) is 33.7 Å². The van der Waals surface area contributed by atoms with Crippen molar-refractivity contribution in [3.63, 3.8) is 0 Å². The summed E-state index contributed by atoms with van der Waals surface area (Å²) in [6.45, 7) is 0. The number of hydrogen-bond acceptors (Lipinski definition) is 5. The summed E-state index contributed by atoms with van der Waals surface area (Å²) in [6, 6.07) is 8.53. The second-order valence-electron chi connectivity index (χ2n) is 5.10. The van der Waals surface area contributed by atoms with Gasteiger partial charge in [-0.2, -0.15) is 0 Å². The van der Waals surface area contributed by atoms with Crippen LogP contribution in [0.5, 0.6) is 23.0 Å². The van der Waals surface area contributed by atoms with E-state index in [2.05, 4.69) is 5.32 Å². The summed E-state index contributed by atoms with van der Waals surface area (Å²) in [4.78, 5) is 12.4. The smallest absolute Gasteiger partial charge is 0.228 e. The van der Waals surface area contributed by atoms with Gasteiger partial charge in [0.15, 0.2) is 11.5 Å². The maximum Gasteiger partial charge on any atom is 0.228 e. The molecular formula is C18H20ClNO5. The van der Waals surface area contributed by atoms with Crippen molar-refractivity contribution >= 4 is 23.2 Å². The molecule has 25 heavy (non-hydrogen) atoms. The normalized spacial score (nSPS) is 10.1. The third kappa shape index (κ3) is 4.48. The Hall–Kier alpha value is -2.60. The second kappa shape index (κ2) is 8.48. The molecule has 0 heterocycles. The molecule has 0 aromatic heterocycles. The molecule has 0 unspecified atom stereocenters. The maximum absolute atomic E-state index is 12.4. The van der Waals surface area contributed by atoms with E-state index in [-0.39, 0.29) is 12.3 Å². The molecular weight excluding hydrogens is 346 g/mol. The molecule has 0 atom stereocenters. The van der Waals surface area contributed by atoms with E-state index in [0.717, 1.165) is 5.56 Å². The zero-order chi connectivity index (χ0) is 18.4. The highest BCUT2D eigenvalue weighted by Gasteiger charge is 2.14. The third-order valence-corrected chi connectivity index (χ3v) is 3.86. The fraction of sp³-hybridized carbons (Fsp3) is 0.278. The Morgan fingerprint density at radius 2 is 1.52 bits per heavy atom. The average molecular weight is 366 g/mol. The SMILES string of the molecule is COc1cc(OC)c(NC(=O)Cc2ccc(OC)c(OC)c2)cc1Cl. The number of carbonyl (C=O) groups is 1. The molecule has 0 bridgehead atoms. The van der Waals surface area contributed by atoms with Crippen LogP contribution in [0.3, 0.4) is 0 Å². The van der Waals surface area contributed by atoms with Gasteiger partial charge in [0.25, 0.3) is 0 Å². The van der Waals surface area contributed by atoms with Crippen molar-refractivity contribution in [3.05, 3.63) is 40.9 Å². The van der Waals surface area contributed by atoms with E-state index in [4.69, 9.17) is 30.5 Å². The highest BCUT2D eigenvalue weighted by molar-refractivity contribution is 6.32. The lowest BCUT2D eigenvalue weighted by Crippen LogP contribution is -2.15. The minimum Gasteiger partial charge on any atom is -0.495 e. The van der Waals surface area contributed by atoms with Crippen LogP contribution in [0.4, 0.5) is 5.69 Å². The largest absolute Gasteiger partial charge is 0.495 e. The van der Waals surface area contributed by atoms with Gasteiger partial charge in [0.05, 0.1) is 45.6 Å². The highest BCUT2D eigenvalue weighted by atomic mass is 35.5. The Kier molecular flexibility index (Phi) is 6.36. The molecule has 1 amide bonds. The van der Waals surface area contributed by atoms with E-state index in [9.17, 15) is 4.79 Å². The van der Waals surface area contributed by atoms with Crippen LogP contribution in [0.2, 0.25) is 5.02 Å². The lowest BCUT2D eigenvalue weighted by atomic mass is 10.1. The average Bonchev–Trinajstić information content (AvgIpc) is 2.61. The molecule has 0 saturated heterocycles. The minimum absolute atomic E-state index is 0.160. The van der Waals surface area contributed by atoms with Gasteiger partial charge in [-0.15, -0.1) is 0 Å². The standard InChI is InChI=1S/C18H20ClNO5/c1-22-14-6-5-11(7-17(14)25-4)8-18(21)20-13-9-12(19)15(23-2)10-16(13)24-3/h5-7,9-10H,8H2,1-4H3,(H,20,21). The molecule has 0 aliphatic carbocycles. The molecule has 134 valence electrons. The Labute approximate surface area is 151 Å². The minimum atomic E-state index is -0.216. The summed E-state index contributed by atoms with van der Waals surface area (Å²) >= 11 is 6.11. The zero-order valence-electron chi connectivity index (χ0n) is 14.5. The Morgan fingerprint density at radius 3 is 2.12 bits per heavy atom. The molecule has 0 saturated carbocycles. The van der Waals surface area contributed by atoms with Gasteiger partial charge in [0.2, 0.25) is 5.91 Å². The lowest BCUT2D eigenvalue weighted by Gasteiger charge is -2.13. The van der Waals surface area contributed by atoms with Crippen LogP contribution in [0.25, 0.3) is 0 Å². The summed E-state index contributed by atoms with van der Waals surface area (Å²) in [5.41, 5.74) is 1.26. The summed E-state index contributed by atoms with van der Waals surface area (Å²) < 4.78 is 20.8. The monoisotopic (exact) mass is 365 g/mol. The number of benzene rings is 2. The van der Waals surface area contributed by atoms with E-state index >= 15 is 0 Å². The molecule has 7 heteroatoms. The van der Waals surface area contributed by atoms with Crippen molar-refractivity contribution in [1.82, 2.24) is 0 Å². The molecule has 1 N–H and O–H groups in total. The fourth-order valence-corrected chi connectivity index (χ4v) is 2.57. The topological polar surface area (TPSA) is 66.0 Å². The quantitative estimate of drug-likeness (QED) is 0.812. The van der Waals surface area contributed by atoms with Crippen molar-refractivity contribution in [3.8, 4) is 23.0 Å². The van der Waals surface area contributed by atoms with Gasteiger partial charge in [-0.3, -0.25) is 4.79 Å². The van der Waals surface area contributed by atoms with Gasteiger partial charge >= 0.3 is 0 Å². The van der Waals surface area contributed by atoms with Crippen LogP contribution in [-0.4, -0.2) is 34.3 Å². The Morgan fingerprint density at radius 1 is 0.880 bits per heavy atom. The van der Waals surface area contributed by atoms with Gasteiger partial charge in [0.1, 0.15) is 11.5 Å². The molecule has 0 aliphatic heterocycles. The molecule has 0 fully saturated rings. The number of amides is 1. The second-order valence-corrected chi connectivity index (χ2v) is 5.51. The van der Waals surface area contributed by atoms with Crippen molar-refractivity contribution in [2.75, 3.05) is 33.8 Å². The van der Waals surface area contributed by atoms with Crippen LogP contribution in [0, 0.1) is 0 Å². The van der Waals surface area contributed by atoms with Crippen molar-refractivity contribution in [2.24, 2.45) is 0 Å². The zero-order valence-corrected chi connectivity index (χ0v) is 15.3. The number of methoxy groups -OCH3 is 4. The van der Waals surface area contributed by atoms with Crippen molar-refractivity contribution in [2.45, 2.75) is 6.42 Å². The first-order valence-electron chi connectivity index (χ1n) is 7.44. The van der Waals surface area contributed by atoms with Crippen molar-refractivity contribution < 1.29 is 23.7 Å². The molecule has 2 aromatic rings. The van der Waals surface area contributed by atoms with Crippen LogP contribution < -0.4 is 24.3 Å². The molecule has 2 rings (SSSR count). The van der Waals surface area contributed by atoms with Crippen LogP contribution in [-0.2, 0) is 11.2 Å². The van der Waals surface area contributed by atoms with Gasteiger partial charge in [-0.25, -0.2) is 0 Å². The van der Waals surface area contributed by atoms with Crippen LogP contribution >= 0.6 is 11.6 Å². The first kappa shape index (κ1) is 18.7. The van der Waals surface area contributed by atoms with E-state index < -0.39 is 0 Å². The van der Waals surface area contributed by atoms with E-state index in [1.807, 2.05) is 0 Å². The predicted molar refractivity (Wildman–Crippen MR) is 96.4 cm³/mol. The molecule has 0 radical (unpaired) electrons. The lowest BCUT2D eigenvalue weighted by molar-refractivity contribution is -0.115. The van der Waals surface area contributed by atoms with Crippen LogP contribution in [0.1, 0.15) is 5.56 Å². The fourth-order valence-electron chi connectivity index (χ4n) is 2.33. The first-order valence-corrected chi connectivity index (χ1v) is 7.82. The molecule has 0 spiro atoms. The summed E-state index contributed by atoms with van der Waals surface area (Å²) in [5.74, 6) is 1.89. The number of nitrogens with one attached hydrogen (secondary N) is 1. The third-order valence-electron chi connectivity index (χ3n) is 3.56. The number of hydrogen-bond donors (Lipinski definition) is 1. The molecule has 2 aromatic carbocycles. The Balaban J connectivity index is 2.16. The van der Waals surface area contributed by atoms with Gasteiger partial charge in [-0.1, -0.05) is 17.7 Å². The van der Waals surface area contributed by atoms with E-state index in [1.165, 1.54) is 14.2 Å². The number of ether oxygens (including phenoxy) is 4. The number of carbonyl (C=O) groups excluding carboxylic acids is 1. The summed E-state index contributed by atoms with van der Waals surface area (Å²) in [6.07, 6.45) is 0.160. The molecule has 6 nitrogen and oxygen atoms in total. The van der Waals surface area contributed by atoms with Crippen molar-refractivity contribution in [1.29, 1.82) is 0 Å². The van der Waals surface area contributed by atoms with E-state index in [1.54, 1.807) is 44.6 Å². The summed E-state index contributed by atoms with van der Waals surface area (Å²) in [7, 11) is 6.12. The van der Waals surface area contributed by atoms with Gasteiger partial charge in [0, 0.05) is 6.07 Å². The Bertz CT molecular complexity index is 763. The number of anilines is 1. The summed E-state index contributed by atoms with van der Waals surface area (Å²) in [5, 5.41) is 3.17. The first-order chi connectivity index (χ1) is 12.0.